The van der Waals surface area contributed by atoms with Gasteiger partial charge < -0.3 is 15.7 Å². The van der Waals surface area contributed by atoms with Gasteiger partial charge in [0.1, 0.15) is 5.82 Å². The maximum absolute atomic E-state index is 13.7. The number of aliphatic hydroxyl groups excluding tert-OH is 1. The van der Waals surface area contributed by atoms with Gasteiger partial charge in [0.25, 0.3) is 0 Å². The van der Waals surface area contributed by atoms with Gasteiger partial charge in [0.05, 0.1) is 18.3 Å². The van der Waals surface area contributed by atoms with Crippen molar-refractivity contribution in [3.8, 4) is 0 Å². The molecular weight excluding hydrogens is 343 g/mol. The van der Waals surface area contributed by atoms with Crippen molar-refractivity contribution in [3.63, 3.8) is 0 Å². The van der Waals surface area contributed by atoms with Crippen molar-refractivity contribution in [1.82, 2.24) is 15.6 Å². The van der Waals surface area contributed by atoms with Gasteiger partial charge in [0.2, 0.25) is 0 Å². The van der Waals surface area contributed by atoms with Gasteiger partial charge in [-0.15, -0.1) is 0 Å². The molecule has 27 heavy (non-hydrogen) atoms. The lowest BCUT2D eigenvalue weighted by atomic mass is 9.86. The average Bonchev–Trinajstić information content (AvgIpc) is 2.64. The van der Waals surface area contributed by atoms with Gasteiger partial charge in [0.15, 0.2) is 5.96 Å². The molecule has 2 rings (SSSR count). The molecule has 1 unspecified atom stereocenters. The smallest absolute Gasteiger partial charge is 0.191 e. The van der Waals surface area contributed by atoms with Crippen LogP contribution in [-0.4, -0.2) is 29.1 Å². The normalized spacial score (nSPS) is 13.3. The Morgan fingerprint density at radius 1 is 1.19 bits per heavy atom. The summed E-state index contributed by atoms with van der Waals surface area (Å²) in [5, 5.41) is 16.6. The Morgan fingerprint density at radius 3 is 2.48 bits per heavy atom. The fourth-order valence-corrected chi connectivity index (χ4v) is 2.55. The number of rotatable bonds is 6. The summed E-state index contributed by atoms with van der Waals surface area (Å²) in [6.07, 6.45) is 0.869. The second-order valence-corrected chi connectivity index (χ2v) is 7.40. The summed E-state index contributed by atoms with van der Waals surface area (Å²) in [5.41, 5.74) is 2.42. The standard InChI is InChI=1S/C21H29FN4O/c1-5-23-20(25-13-18-17(22)7-6-12-24-18)26-14-19(27)15-8-10-16(11-9-15)21(2,3)4/h6-12,19,27H,5,13-14H2,1-4H3,(H2,23,25,26). The van der Waals surface area contributed by atoms with Crippen LogP contribution in [-0.2, 0) is 12.0 Å². The highest BCUT2D eigenvalue weighted by Gasteiger charge is 2.15. The molecule has 3 N–H and O–H groups in total. The molecule has 0 aliphatic heterocycles. The van der Waals surface area contributed by atoms with E-state index in [1.165, 1.54) is 11.6 Å². The molecule has 1 aromatic heterocycles. The Labute approximate surface area is 160 Å². The van der Waals surface area contributed by atoms with E-state index in [1.54, 1.807) is 12.3 Å². The number of nitrogens with one attached hydrogen (secondary N) is 2. The monoisotopic (exact) mass is 372 g/mol. The number of benzene rings is 1. The van der Waals surface area contributed by atoms with Crippen LogP contribution in [0.1, 0.15) is 50.6 Å². The molecule has 5 nitrogen and oxygen atoms in total. The van der Waals surface area contributed by atoms with Crippen LogP contribution < -0.4 is 10.6 Å². The summed E-state index contributed by atoms with van der Waals surface area (Å²) in [5.74, 6) is 0.129. The van der Waals surface area contributed by atoms with Crippen LogP contribution in [0, 0.1) is 5.82 Å². The second-order valence-electron chi connectivity index (χ2n) is 7.40. The Balaban J connectivity index is 1.98. The SMILES string of the molecule is CCNC(=NCc1ncccc1F)NCC(O)c1ccc(C(C)(C)C)cc1. The van der Waals surface area contributed by atoms with E-state index in [4.69, 9.17) is 0 Å². The Hall–Kier alpha value is -2.47. The largest absolute Gasteiger partial charge is 0.387 e. The summed E-state index contributed by atoms with van der Waals surface area (Å²) < 4.78 is 13.7. The van der Waals surface area contributed by atoms with Gasteiger partial charge >= 0.3 is 0 Å². The number of aliphatic hydroxyl groups is 1. The van der Waals surface area contributed by atoms with Crippen LogP contribution in [0.2, 0.25) is 0 Å². The summed E-state index contributed by atoms with van der Waals surface area (Å²) in [6.45, 7) is 9.49. The second kappa shape index (κ2) is 9.46. The minimum atomic E-state index is -0.672. The molecule has 0 bridgehead atoms. The van der Waals surface area contributed by atoms with Crippen LogP contribution in [0.15, 0.2) is 47.6 Å². The first kappa shape index (κ1) is 20.8. The zero-order valence-electron chi connectivity index (χ0n) is 16.5. The van der Waals surface area contributed by atoms with E-state index in [9.17, 15) is 9.50 Å². The van der Waals surface area contributed by atoms with E-state index in [2.05, 4.69) is 41.4 Å². The number of aliphatic imine (C=N–C) groups is 1. The van der Waals surface area contributed by atoms with Crippen molar-refractivity contribution in [2.75, 3.05) is 13.1 Å². The van der Waals surface area contributed by atoms with Crippen molar-refractivity contribution >= 4 is 5.96 Å². The van der Waals surface area contributed by atoms with Crippen LogP contribution in [0.4, 0.5) is 4.39 Å². The lowest BCUT2D eigenvalue weighted by Crippen LogP contribution is -2.39. The number of hydrogen-bond donors (Lipinski definition) is 3. The number of guanidine groups is 1. The van der Waals surface area contributed by atoms with Gasteiger partial charge in [-0.3, -0.25) is 4.98 Å². The fraction of sp³-hybridized carbons (Fsp3) is 0.429. The van der Waals surface area contributed by atoms with E-state index in [0.29, 0.717) is 19.0 Å². The topological polar surface area (TPSA) is 69.5 Å². The minimum Gasteiger partial charge on any atom is -0.387 e. The Bertz CT molecular complexity index is 754. The van der Waals surface area contributed by atoms with Gasteiger partial charge in [0, 0.05) is 19.3 Å². The van der Waals surface area contributed by atoms with Crippen molar-refractivity contribution in [1.29, 1.82) is 0 Å². The zero-order chi connectivity index (χ0) is 19.9. The van der Waals surface area contributed by atoms with Crippen LogP contribution in [0.3, 0.4) is 0 Å². The molecule has 1 aromatic carbocycles. The van der Waals surface area contributed by atoms with Crippen LogP contribution in [0.25, 0.3) is 0 Å². The molecule has 0 saturated heterocycles. The number of pyridine rings is 1. The molecule has 6 heteroatoms. The molecule has 0 radical (unpaired) electrons. The average molecular weight is 372 g/mol. The molecule has 0 fully saturated rings. The maximum atomic E-state index is 13.7. The molecular formula is C21H29FN4O. The molecule has 0 amide bonds. The Morgan fingerprint density at radius 2 is 1.89 bits per heavy atom. The van der Waals surface area contributed by atoms with Gasteiger partial charge in [-0.05, 0) is 35.6 Å². The van der Waals surface area contributed by atoms with Crippen LogP contribution in [0.5, 0.6) is 0 Å². The first-order valence-electron chi connectivity index (χ1n) is 9.21. The first-order chi connectivity index (χ1) is 12.8. The van der Waals surface area contributed by atoms with Gasteiger partial charge in [-0.2, -0.15) is 0 Å². The van der Waals surface area contributed by atoms with E-state index >= 15 is 0 Å². The third-order valence-electron chi connectivity index (χ3n) is 4.19. The lowest BCUT2D eigenvalue weighted by Gasteiger charge is -2.20. The van der Waals surface area contributed by atoms with E-state index in [1.807, 2.05) is 31.2 Å². The van der Waals surface area contributed by atoms with Crippen LogP contribution >= 0.6 is 0 Å². The summed E-state index contributed by atoms with van der Waals surface area (Å²) in [7, 11) is 0. The molecule has 146 valence electrons. The highest BCUT2D eigenvalue weighted by molar-refractivity contribution is 5.79. The molecule has 0 aliphatic rings. The highest BCUT2D eigenvalue weighted by atomic mass is 19.1. The first-order valence-corrected chi connectivity index (χ1v) is 9.21. The quantitative estimate of drug-likeness (QED) is 0.537. The van der Waals surface area contributed by atoms with E-state index in [-0.39, 0.29) is 23.5 Å². The number of nitrogens with zero attached hydrogens (tertiary/aromatic N) is 2. The number of halogens is 1. The number of hydrogen-bond acceptors (Lipinski definition) is 3. The zero-order valence-corrected chi connectivity index (χ0v) is 16.5. The van der Waals surface area contributed by atoms with Crippen molar-refractivity contribution < 1.29 is 9.50 Å². The number of aromatic nitrogens is 1. The van der Waals surface area contributed by atoms with Crippen molar-refractivity contribution in [3.05, 3.63) is 65.2 Å². The summed E-state index contributed by atoms with van der Waals surface area (Å²) >= 11 is 0. The van der Waals surface area contributed by atoms with Gasteiger partial charge in [-0.1, -0.05) is 45.0 Å². The Kier molecular flexibility index (Phi) is 7.30. The highest BCUT2D eigenvalue weighted by Crippen LogP contribution is 2.23. The minimum absolute atomic E-state index is 0.0767. The van der Waals surface area contributed by atoms with E-state index < -0.39 is 6.10 Å². The lowest BCUT2D eigenvalue weighted by molar-refractivity contribution is 0.181. The molecule has 2 aromatic rings. The molecule has 0 spiro atoms. The third-order valence-corrected chi connectivity index (χ3v) is 4.19. The summed E-state index contributed by atoms with van der Waals surface area (Å²) in [4.78, 5) is 8.33. The molecule has 1 atom stereocenters. The predicted octanol–water partition coefficient (Wildman–Crippen LogP) is 3.31. The molecule has 1 heterocycles. The van der Waals surface area contributed by atoms with Crippen molar-refractivity contribution in [2.45, 2.75) is 45.8 Å². The third kappa shape index (κ3) is 6.32. The van der Waals surface area contributed by atoms with Crippen molar-refractivity contribution in [2.24, 2.45) is 4.99 Å². The fourth-order valence-electron chi connectivity index (χ4n) is 2.55. The maximum Gasteiger partial charge on any atom is 0.191 e. The van der Waals surface area contributed by atoms with Gasteiger partial charge in [-0.25, -0.2) is 9.38 Å². The predicted molar refractivity (Wildman–Crippen MR) is 107 cm³/mol. The molecule has 0 saturated carbocycles. The molecule has 0 aliphatic carbocycles. The van der Waals surface area contributed by atoms with E-state index in [0.717, 1.165) is 5.56 Å². The summed E-state index contributed by atoms with van der Waals surface area (Å²) in [6, 6.07) is 10.9.